The normalized spacial score (nSPS) is 10.1. The van der Waals surface area contributed by atoms with Crippen molar-refractivity contribution in [3.63, 3.8) is 0 Å². The van der Waals surface area contributed by atoms with Gasteiger partial charge in [-0.2, -0.15) is 0 Å². The molecule has 11 nitrogen and oxygen atoms in total. The second-order valence-corrected chi connectivity index (χ2v) is 7.13. The minimum atomic E-state index is -0.755. The first-order valence-electron chi connectivity index (χ1n) is 10.6. The highest BCUT2D eigenvalue weighted by Gasteiger charge is 2.13. The van der Waals surface area contributed by atoms with Crippen LogP contribution in [0.1, 0.15) is 43.0 Å². The van der Waals surface area contributed by atoms with Crippen LogP contribution < -0.4 is 10.6 Å². The monoisotopic (exact) mass is 471 g/mol. The highest BCUT2D eigenvalue weighted by Crippen LogP contribution is 2.17. The van der Waals surface area contributed by atoms with Crippen molar-refractivity contribution in [2.45, 2.75) is 32.6 Å². The summed E-state index contributed by atoms with van der Waals surface area (Å²) in [6.07, 6.45) is 1.27. The summed E-state index contributed by atoms with van der Waals surface area (Å²) < 4.78 is 9.93. The summed E-state index contributed by atoms with van der Waals surface area (Å²) in [5.41, 5.74) is 0.804. The second kappa shape index (κ2) is 13.3. The molecule has 0 aliphatic heterocycles. The molecule has 0 bridgehead atoms. The number of ether oxygens (including phenoxy) is 2. The molecule has 2 aromatic rings. The van der Waals surface area contributed by atoms with Gasteiger partial charge in [0.05, 0.1) is 23.5 Å². The van der Waals surface area contributed by atoms with E-state index in [2.05, 4.69) is 10.6 Å². The molecule has 0 saturated heterocycles. The quantitative estimate of drug-likeness (QED) is 0.206. The summed E-state index contributed by atoms with van der Waals surface area (Å²) in [5.74, 6) is -2.32. The van der Waals surface area contributed by atoms with E-state index in [1.165, 1.54) is 36.4 Å². The van der Waals surface area contributed by atoms with Crippen molar-refractivity contribution >= 4 is 40.8 Å². The Morgan fingerprint density at radius 3 is 2.29 bits per heavy atom. The number of carbonyl (C=O) groups excluding carboxylic acids is 4. The van der Waals surface area contributed by atoms with Crippen LogP contribution in [0, 0.1) is 10.1 Å². The molecule has 0 aliphatic carbocycles. The van der Waals surface area contributed by atoms with Crippen LogP contribution in [0.5, 0.6) is 0 Å². The van der Waals surface area contributed by atoms with Crippen molar-refractivity contribution in [2.75, 3.05) is 23.8 Å². The maximum Gasteiger partial charge on any atom is 0.338 e. The van der Waals surface area contributed by atoms with Gasteiger partial charge >= 0.3 is 11.9 Å². The third-order valence-corrected chi connectivity index (χ3v) is 4.40. The summed E-state index contributed by atoms with van der Waals surface area (Å²) in [4.78, 5) is 57.7. The number of nitrogens with one attached hydrogen (secondary N) is 2. The molecule has 0 fully saturated rings. The smallest absolute Gasteiger partial charge is 0.338 e. The van der Waals surface area contributed by atoms with Crippen molar-refractivity contribution in [1.29, 1.82) is 0 Å². The average Bonchev–Trinajstić information content (AvgIpc) is 2.82. The molecule has 2 aromatic carbocycles. The highest BCUT2D eigenvalue weighted by atomic mass is 16.6. The van der Waals surface area contributed by atoms with E-state index in [1.54, 1.807) is 12.1 Å². The van der Waals surface area contributed by atoms with E-state index in [4.69, 9.17) is 9.47 Å². The molecule has 0 saturated carbocycles. The molecule has 0 heterocycles. The summed E-state index contributed by atoms with van der Waals surface area (Å²) >= 11 is 0. The van der Waals surface area contributed by atoms with Gasteiger partial charge in [0, 0.05) is 29.9 Å². The molecule has 180 valence electrons. The van der Waals surface area contributed by atoms with Gasteiger partial charge in [-0.1, -0.05) is 19.4 Å². The molecule has 2 rings (SSSR count). The van der Waals surface area contributed by atoms with Gasteiger partial charge in [-0.15, -0.1) is 0 Å². The van der Waals surface area contributed by atoms with Gasteiger partial charge in [0.1, 0.15) is 0 Å². The van der Waals surface area contributed by atoms with Crippen LogP contribution in [0.4, 0.5) is 17.1 Å². The zero-order chi connectivity index (χ0) is 24.9. The number of nitro benzene ring substituents is 1. The second-order valence-electron chi connectivity index (χ2n) is 7.13. The predicted octanol–water partition coefficient (Wildman–Crippen LogP) is 3.45. The lowest BCUT2D eigenvalue weighted by Gasteiger charge is -2.08. The Morgan fingerprint density at radius 2 is 1.62 bits per heavy atom. The number of hydrogen-bond acceptors (Lipinski definition) is 8. The number of amides is 2. The minimum Gasteiger partial charge on any atom is -0.462 e. The molecule has 11 heteroatoms. The Kier molecular flexibility index (Phi) is 10.2. The van der Waals surface area contributed by atoms with Crippen LogP contribution in [0.25, 0.3) is 0 Å². The van der Waals surface area contributed by atoms with Gasteiger partial charge in [-0.05, 0) is 36.8 Å². The minimum absolute atomic E-state index is 0.174. The van der Waals surface area contributed by atoms with E-state index >= 15 is 0 Å². The summed E-state index contributed by atoms with van der Waals surface area (Å²) in [7, 11) is 0. The zero-order valence-electron chi connectivity index (χ0n) is 18.6. The van der Waals surface area contributed by atoms with Crippen LogP contribution in [0.3, 0.4) is 0 Å². The third kappa shape index (κ3) is 9.07. The van der Waals surface area contributed by atoms with Crippen LogP contribution in [0.15, 0.2) is 48.5 Å². The maximum atomic E-state index is 12.0. The van der Waals surface area contributed by atoms with Crippen molar-refractivity contribution in [3.05, 3.63) is 64.2 Å². The predicted molar refractivity (Wildman–Crippen MR) is 122 cm³/mol. The first-order chi connectivity index (χ1) is 16.3. The Balaban J connectivity index is 1.70. The van der Waals surface area contributed by atoms with Gasteiger partial charge < -0.3 is 20.1 Å². The fourth-order valence-electron chi connectivity index (χ4n) is 2.63. The number of benzene rings is 2. The third-order valence-electron chi connectivity index (χ3n) is 4.40. The van der Waals surface area contributed by atoms with E-state index in [9.17, 15) is 29.3 Å². The zero-order valence-corrected chi connectivity index (χ0v) is 18.6. The molecule has 0 radical (unpaired) electrons. The molecule has 0 unspecified atom stereocenters. The average molecular weight is 471 g/mol. The van der Waals surface area contributed by atoms with Gasteiger partial charge in [0.2, 0.25) is 5.91 Å². The number of hydrogen-bond donors (Lipinski definition) is 2. The Labute approximate surface area is 195 Å². The van der Waals surface area contributed by atoms with Crippen molar-refractivity contribution in [1.82, 2.24) is 0 Å². The SMILES string of the molecule is CCCCOC(=O)c1ccc(NC(=O)CCC(=O)OCC(=O)Nc2cccc([N+](=O)[O-])c2)cc1. The topological polar surface area (TPSA) is 154 Å². The van der Waals surface area contributed by atoms with E-state index in [-0.39, 0.29) is 24.2 Å². The van der Waals surface area contributed by atoms with E-state index < -0.39 is 35.3 Å². The molecule has 2 amide bonds. The Morgan fingerprint density at radius 1 is 0.912 bits per heavy atom. The Bertz CT molecular complexity index is 1040. The molecule has 34 heavy (non-hydrogen) atoms. The standard InChI is InChI=1S/C23H25N3O8/c1-2-3-13-33-23(30)16-7-9-17(10-8-16)24-20(27)11-12-22(29)34-15-21(28)25-18-5-4-6-19(14-18)26(31)32/h4-10,14H,2-3,11-13,15H2,1H3,(H,24,27)(H,25,28). The van der Waals surface area contributed by atoms with Crippen LogP contribution in [-0.2, 0) is 23.9 Å². The van der Waals surface area contributed by atoms with Gasteiger partial charge in [0.25, 0.3) is 11.6 Å². The first kappa shape index (κ1) is 26.0. The van der Waals surface area contributed by atoms with Crippen molar-refractivity contribution in [2.24, 2.45) is 0 Å². The summed E-state index contributed by atoms with van der Waals surface area (Å²) in [5, 5.41) is 15.7. The largest absolute Gasteiger partial charge is 0.462 e. The lowest BCUT2D eigenvalue weighted by Crippen LogP contribution is -2.21. The van der Waals surface area contributed by atoms with Crippen molar-refractivity contribution in [3.8, 4) is 0 Å². The fraction of sp³-hybridized carbons (Fsp3) is 0.304. The highest BCUT2D eigenvalue weighted by molar-refractivity contribution is 5.95. The lowest BCUT2D eigenvalue weighted by molar-refractivity contribution is -0.384. The van der Waals surface area contributed by atoms with Crippen LogP contribution in [-0.4, -0.2) is 41.9 Å². The number of esters is 2. The molecular formula is C23H25N3O8. The number of unbranched alkanes of at least 4 members (excludes halogenated alkanes) is 1. The van der Waals surface area contributed by atoms with E-state index in [0.717, 1.165) is 12.8 Å². The van der Waals surface area contributed by atoms with Crippen LogP contribution in [0.2, 0.25) is 0 Å². The Hall–Kier alpha value is -4.28. The van der Waals surface area contributed by atoms with Crippen molar-refractivity contribution < 1.29 is 33.6 Å². The molecular weight excluding hydrogens is 446 g/mol. The van der Waals surface area contributed by atoms with Crippen LogP contribution >= 0.6 is 0 Å². The number of anilines is 2. The molecule has 0 spiro atoms. The molecule has 0 aromatic heterocycles. The number of nitrogens with zero attached hydrogens (tertiary/aromatic N) is 1. The molecule has 2 N–H and O–H groups in total. The number of non-ortho nitro benzene ring substituents is 1. The first-order valence-corrected chi connectivity index (χ1v) is 10.6. The van der Waals surface area contributed by atoms with Gasteiger partial charge in [-0.25, -0.2) is 4.79 Å². The fourth-order valence-corrected chi connectivity index (χ4v) is 2.63. The maximum absolute atomic E-state index is 12.0. The van der Waals surface area contributed by atoms with Gasteiger partial charge in [-0.3, -0.25) is 24.5 Å². The van der Waals surface area contributed by atoms with E-state index in [1.807, 2.05) is 6.92 Å². The molecule has 0 atom stereocenters. The van der Waals surface area contributed by atoms with Gasteiger partial charge in [0.15, 0.2) is 6.61 Å². The lowest BCUT2D eigenvalue weighted by atomic mass is 10.2. The number of rotatable bonds is 12. The number of nitro groups is 1. The molecule has 0 aliphatic rings. The summed E-state index contributed by atoms with van der Waals surface area (Å²) in [6.45, 7) is 1.74. The number of carbonyl (C=O) groups is 4. The van der Waals surface area contributed by atoms with E-state index in [0.29, 0.717) is 17.9 Å². The summed E-state index contributed by atoms with van der Waals surface area (Å²) in [6, 6.07) is 11.5.